The number of nitrogens with zero attached hydrogens (tertiary/aromatic N) is 3. The SMILES string of the molecule is CCn1nc(C(=O)N2CCSCC2)c2c1CCC(NCc1ccc(OC(F)(F)F)cc1)C2. The van der Waals surface area contributed by atoms with Crippen molar-refractivity contribution in [2.45, 2.75) is 51.7 Å². The van der Waals surface area contributed by atoms with E-state index in [9.17, 15) is 18.0 Å². The van der Waals surface area contributed by atoms with Gasteiger partial charge in [-0.25, -0.2) is 0 Å². The zero-order valence-corrected chi connectivity index (χ0v) is 18.8. The van der Waals surface area contributed by atoms with Gasteiger partial charge in [0.05, 0.1) is 0 Å². The molecule has 0 saturated carbocycles. The van der Waals surface area contributed by atoms with Gasteiger partial charge in [0.1, 0.15) is 5.75 Å². The van der Waals surface area contributed by atoms with Gasteiger partial charge in [0, 0.05) is 55.0 Å². The number of nitrogens with one attached hydrogen (secondary N) is 1. The Morgan fingerprint density at radius 2 is 1.97 bits per heavy atom. The average Bonchev–Trinajstić information content (AvgIpc) is 3.15. The monoisotopic (exact) mass is 468 g/mol. The van der Waals surface area contributed by atoms with Crippen molar-refractivity contribution in [3.8, 4) is 5.75 Å². The molecule has 1 aliphatic carbocycles. The van der Waals surface area contributed by atoms with E-state index in [4.69, 9.17) is 0 Å². The number of ether oxygens (including phenoxy) is 1. The highest BCUT2D eigenvalue weighted by Gasteiger charge is 2.32. The first-order valence-corrected chi connectivity index (χ1v) is 12.0. The van der Waals surface area contributed by atoms with Crippen LogP contribution in [0.15, 0.2) is 24.3 Å². The predicted molar refractivity (Wildman–Crippen MR) is 117 cm³/mol. The van der Waals surface area contributed by atoms with E-state index < -0.39 is 6.36 Å². The lowest BCUT2D eigenvalue weighted by Gasteiger charge is -2.27. The molecule has 1 fully saturated rings. The van der Waals surface area contributed by atoms with Gasteiger partial charge in [-0.2, -0.15) is 16.9 Å². The summed E-state index contributed by atoms with van der Waals surface area (Å²) in [5, 5.41) is 8.15. The normalized spacial score (nSPS) is 19.0. The fourth-order valence-electron chi connectivity index (χ4n) is 4.28. The smallest absolute Gasteiger partial charge is 0.406 e. The second kappa shape index (κ2) is 9.74. The first kappa shape index (κ1) is 23.0. The third-order valence-corrected chi connectivity index (χ3v) is 6.84. The quantitative estimate of drug-likeness (QED) is 0.702. The van der Waals surface area contributed by atoms with Crippen molar-refractivity contribution in [3.63, 3.8) is 0 Å². The van der Waals surface area contributed by atoms with Crippen molar-refractivity contribution in [2.75, 3.05) is 24.6 Å². The molecule has 1 unspecified atom stereocenters. The van der Waals surface area contributed by atoms with Crippen LogP contribution in [-0.2, 0) is 25.9 Å². The molecule has 1 aromatic heterocycles. The Hall–Kier alpha value is -2.20. The van der Waals surface area contributed by atoms with Gasteiger partial charge in [-0.05, 0) is 43.9 Å². The summed E-state index contributed by atoms with van der Waals surface area (Å²) in [4.78, 5) is 15.0. The molecule has 0 spiro atoms. The average molecular weight is 469 g/mol. The number of rotatable bonds is 6. The van der Waals surface area contributed by atoms with Crippen molar-refractivity contribution in [1.82, 2.24) is 20.0 Å². The first-order valence-electron chi connectivity index (χ1n) is 10.9. The summed E-state index contributed by atoms with van der Waals surface area (Å²) in [5.41, 5.74) is 3.63. The zero-order chi connectivity index (χ0) is 22.7. The molecular formula is C22H27F3N4O2S. The lowest BCUT2D eigenvalue weighted by Crippen LogP contribution is -2.39. The van der Waals surface area contributed by atoms with Gasteiger partial charge in [-0.15, -0.1) is 13.2 Å². The van der Waals surface area contributed by atoms with E-state index >= 15 is 0 Å². The molecule has 174 valence electrons. The molecule has 6 nitrogen and oxygen atoms in total. The van der Waals surface area contributed by atoms with E-state index in [0.29, 0.717) is 18.7 Å². The molecule has 1 aliphatic heterocycles. The summed E-state index contributed by atoms with van der Waals surface area (Å²) in [6.07, 6.45) is -2.21. The fraction of sp³-hybridized carbons (Fsp3) is 0.545. The Balaban J connectivity index is 1.41. The van der Waals surface area contributed by atoms with Crippen molar-refractivity contribution in [1.29, 1.82) is 0 Å². The van der Waals surface area contributed by atoms with Crippen LogP contribution >= 0.6 is 11.8 Å². The third kappa shape index (κ3) is 5.40. The Bertz CT molecular complexity index is 940. The number of halogens is 3. The molecule has 10 heteroatoms. The number of hydrogen-bond donors (Lipinski definition) is 1. The molecule has 1 N–H and O–H groups in total. The fourth-order valence-corrected chi connectivity index (χ4v) is 5.19. The first-order chi connectivity index (χ1) is 15.3. The number of alkyl halides is 3. The maximum absolute atomic E-state index is 13.1. The van der Waals surface area contributed by atoms with Crippen LogP contribution in [0.1, 0.15) is 40.7 Å². The number of carbonyl (C=O) groups excluding carboxylic acids is 1. The summed E-state index contributed by atoms with van der Waals surface area (Å²) < 4.78 is 42.8. The minimum absolute atomic E-state index is 0.0228. The molecule has 1 saturated heterocycles. The van der Waals surface area contributed by atoms with E-state index in [-0.39, 0.29) is 17.7 Å². The number of amides is 1. The molecule has 1 amide bonds. The number of aryl methyl sites for hydroxylation is 1. The molecule has 2 heterocycles. The second-order valence-electron chi connectivity index (χ2n) is 8.01. The highest BCUT2D eigenvalue weighted by atomic mass is 32.2. The van der Waals surface area contributed by atoms with Gasteiger partial charge in [-0.1, -0.05) is 12.1 Å². The van der Waals surface area contributed by atoms with Crippen LogP contribution < -0.4 is 10.1 Å². The second-order valence-corrected chi connectivity index (χ2v) is 9.23. The van der Waals surface area contributed by atoms with Gasteiger partial charge < -0.3 is 15.0 Å². The molecule has 1 aromatic carbocycles. The Labute approximate surface area is 189 Å². The van der Waals surface area contributed by atoms with Crippen LogP contribution in [0, 0.1) is 0 Å². The molecule has 2 aliphatic rings. The van der Waals surface area contributed by atoms with E-state index in [2.05, 4.69) is 15.2 Å². The highest BCUT2D eigenvalue weighted by molar-refractivity contribution is 7.99. The molecule has 0 bridgehead atoms. The van der Waals surface area contributed by atoms with Gasteiger partial charge in [0.15, 0.2) is 5.69 Å². The standard InChI is InChI=1S/C22H27F3N4O2S/c1-2-29-19-8-5-16(26-14-15-3-6-17(7-4-15)31-22(23,24)25)13-18(19)20(27-29)21(30)28-9-11-32-12-10-28/h3-4,6-7,16,26H,2,5,8-14H2,1H3. The Morgan fingerprint density at radius 1 is 1.25 bits per heavy atom. The van der Waals surface area contributed by atoms with E-state index in [1.807, 2.05) is 28.3 Å². The summed E-state index contributed by atoms with van der Waals surface area (Å²) in [6.45, 7) is 4.81. The Morgan fingerprint density at radius 3 is 2.62 bits per heavy atom. The number of benzene rings is 1. The molecular weight excluding hydrogens is 441 g/mol. The van der Waals surface area contributed by atoms with Crippen LogP contribution in [0.3, 0.4) is 0 Å². The summed E-state index contributed by atoms with van der Waals surface area (Å²) in [6, 6.07) is 6.07. The summed E-state index contributed by atoms with van der Waals surface area (Å²) in [7, 11) is 0. The zero-order valence-electron chi connectivity index (χ0n) is 18.0. The number of thioether (sulfide) groups is 1. The number of fused-ring (bicyclic) bond motifs is 1. The van der Waals surface area contributed by atoms with Crippen LogP contribution in [-0.4, -0.2) is 57.6 Å². The van der Waals surface area contributed by atoms with Crippen LogP contribution in [0.25, 0.3) is 0 Å². The Kier molecular flexibility index (Phi) is 6.99. The number of carbonyl (C=O) groups is 1. The summed E-state index contributed by atoms with van der Waals surface area (Å²) in [5.74, 6) is 1.71. The molecule has 1 atom stereocenters. The molecule has 0 radical (unpaired) electrons. The highest BCUT2D eigenvalue weighted by Crippen LogP contribution is 2.27. The van der Waals surface area contributed by atoms with Crippen LogP contribution in [0.2, 0.25) is 0 Å². The van der Waals surface area contributed by atoms with Gasteiger partial charge in [0.25, 0.3) is 5.91 Å². The molecule has 32 heavy (non-hydrogen) atoms. The van der Waals surface area contributed by atoms with Crippen molar-refractivity contribution in [3.05, 3.63) is 46.8 Å². The third-order valence-electron chi connectivity index (χ3n) is 5.90. The molecule has 4 rings (SSSR count). The number of aromatic nitrogens is 2. The topological polar surface area (TPSA) is 59.4 Å². The lowest BCUT2D eigenvalue weighted by molar-refractivity contribution is -0.274. The molecule has 2 aromatic rings. The minimum Gasteiger partial charge on any atom is -0.406 e. The maximum Gasteiger partial charge on any atom is 0.573 e. The lowest BCUT2D eigenvalue weighted by atomic mass is 9.91. The largest absolute Gasteiger partial charge is 0.573 e. The van der Waals surface area contributed by atoms with E-state index in [1.54, 1.807) is 12.1 Å². The van der Waals surface area contributed by atoms with Crippen molar-refractivity contribution < 1.29 is 22.7 Å². The van der Waals surface area contributed by atoms with E-state index in [1.165, 1.54) is 12.1 Å². The van der Waals surface area contributed by atoms with Gasteiger partial charge in [0.2, 0.25) is 0 Å². The number of hydrogen-bond acceptors (Lipinski definition) is 5. The van der Waals surface area contributed by atoms with Crippen molar-refractivity contribution >= 4 is 17.7 Å². The maximum atomic E-state index is 13.1. The summed E-state index contributed by atoms with van der Waals surface area (Å²) >= 11 is 1.87. The van der Waals surface area contributed by atoms with Crippen molar-refractivity contribution in [2.24, 2.45) is 0 Å². The predicted octanol–water partition coefficient (Wildman–Crippen LogP) is 3.64. The van der Waals surface area contributed by atoms with Gasteiger partial charge >= 0.3 is 6.36 Å². The minimum atomic E-state index is -4.69. The van der Waals surface area contributed by atoms with Crippen LogP contribution in [0.4, 0.5) is 13.2 Å². The van der Waals surface area contributed by atoms with E-state index in [0.717, 1.165) is 60.8 Å². The van der Waals surface area contributed by atoms with Crippen LogP contribution in [0.5, 0.6) is 5.75 Å². The van der Waals surface area contributed by atoms with Gasteiger partial charge in [-0.3, -0.25) is 9.48 Å².